The van der Waals surface area contributed by atoms with Crippen LogP contribution >= 0.6 is 0 Å². The van der Waals surface area contributed by atoms with Gasteiger partial charge in [-0.25, -0.2) is 0 Å². The molecule has 0 atom stereocenters. The van der Waals surface area contributed by atoms with Crippen LogP contribution in [0.25, 0.3) is 22.0 Å². The summed E-state index contributed by atoms with van der Waals surface area (Å²) >= 11 is 0. The van der Waals surface area contributed by atoms with Gasteiger partial charge in [0.25, 0.3) is 5.91 Å². The number of amides is 1. The number of hydrogen-bond donors (Lipinski definition) is 0. The Labute approximate surface area is 158 Å². The standard InChI is InChI=1S/C24H20N2O/c1-16-12-19-10-11-21(14-23(19)25(16)2)26-15-20-9-8-18(13-22(20)24(26)27)17-6-4-3-5-7-17/h3-14H,15H2,1-2H3. The first kappa shape index (κ1) is 15.9. The van der Waals surface area contributed by atoms with E-state index in [0.29, 0.717) is 6.54 Å². The van der Waals surface area contributed by atoms with E-state index >= 15 is 0 Å². The molecule has 1 aliphatic rings. The summed E-state index contributed by atoms with van der Waals surface area (Å²) in [4.78, 5) is 15.0. The Bertz CT molecular complexity index is 1190. The van der Waals surface area contributed by atoms with Gasteiger partial charge >= 0.3 is 0 Å². The lowest BCUT2D eigenvalue weighted by atomic mass is 10.0. The van der Waals surface area contributed by atoms with E-state index in [1.807, 2.05) is 35.2 Å². The molecule has 3 heteroatoms. The zero-order chi connectivity index (χ0) is 18.5. The van der Waals surface area contributed by atoms with E-state index in [4.69, 9.17) is 0 Å². The molecule has 0 unspecified atom stereocenters. The monoisotopic (exact) mass is 352 g/mol. The lowest BCUT2D eigenvalue weighted by molar-refractivity contribution is 0.0996. The second kappa shape index (κ2) is 5.85. The van der Waals surface area contributed by atoms with Crippen molar-refractivity contribution in [2.75, 3.05) is 4.90 Å². The Kier molecular flexibility index (Phi) is 3.44. The Balaban J connectivity index is 1.54. The van der Waals surface area contributed by atoms with E-state index in [1.54, 1.807) is 0 Å². The van der Waals surface area contributed by atoms with Crippen LogP contribution in [0.5, 0.6) is 0 Å². The molecule has 3 nitrogen and oxygen atoms in total. The molecule has 1 amide bonds. The third-order valence-electron chi connectivity index (χ3n) is 5.60. The third kappa shape index (κ3) is 2.47. The maximum absolute atomic E-state index is 13.1. The molecule has 1 aromatic heterocycles. The summed E-state index contributed by atoms with van der Waals surface area (Å²) < 4.78 is 2.17. The number of fused-ring (bicyclic) bond motifs is 2. The van der Waals surface area contributed by atoms with E-state index < -0.39 is 0 Å². The van der Waals surface area contributed by atoms with Crippen LogP contribution in [-0.4, -0.2) is 10.5 Å². The highest BCUT2D eigenvalue weighted by Gasteiger charge is 2.29. The van der Waals surface area contributed by atoms with Gasteiger partial charge in [-0.15, -0.1) is 0 Å². The van der Waals surface area contributed by atoms with Crippen molar-refractivity contribution in [3.63, 3.8) is 0 Å². The second-order valence-electron chi connectivity index (χ2n) is 7.22. The van der Waals surface area contributed by atoms with Gasteiger partial charge in [0.2, 0.25) is 0 Å². The van der Waals surface area contributed by atoms with Crippen molar-refractivity contribution in [3.05, 3.63) is 89.6 Å². The van der Waals surface area contributed by atoms with Gasteiger partial charge in [-0.3, -0.25) is 4.79 Å². The quantitative estimate of drug-likeness (QED) is 0.480. The van der Waals surface area contributed by atoms with Gasteiger partial charge in [-0.1, -0.05) is 48.5 Å². The van der Waals surface area contributed by atoms with Gasteiger partial charge in [0.05, 0.1) is 12.1 Å². The highest BCUT2D eigenvalue weighted by molar-refractivity contribution is 6.11. The zero-order valence-corrected chi connectivity index (χ0v) is 15.4. The summed E-state index contributed by atoms with van der Waals surface area (Å²) in [5.74, 6) is 0.0769. The lowest BCUT2D eigenvalue weighted by Gasteiger charge is -2.16. The fourth-order valence-corrected chi connectivity index (χ4v) is 3.94. The molecule has 0 bridgehead atoms. The van der Waals surface area contributed by atoms with Crippen molar-refractivity contribution in [2.24, 2.45) is 7.05 Å². The molecule has 0 saturated carbocycles. The number of carbonyl (C=O) groups is 1. The molecule has 3 aromatic carbocycles. The number of aryl methyl sites for hydroxylation is 2. The van der Waals surface area contributed by atoms with Crippen LogP contribution in [0.2, 0.25) is 0 Å². The summed E-state index contributed by atoms with van der Waals surface area (Å²) in [5, 5.41) is 1.20. The number of hydrogen-bond acceptors (Lipinski definition) is 1. The average molecular weight is 352 g/mol. The number of rotatable bonds is 2. The van der Waals surface area contributed by atoms with Gasteiger partial charge in [0.15, 0.2) is 0 Å². The molecule has 0 radical (unpaired) electrons. The van der Waals surface area contributed by atoms with Crippen LogP contribution in [-0.2, 0) is 13.6 Å². The number of carbonyl (C=O) groups excluding carboxylic acids is 1. The van der Waals surface area contributed by atoms with Crippen molar-refractivity contribution in [1.29, 1.82) is 0 Å². The first-order valence-electron chi connectivity index (χ1n) is 9.18. The lowest BCUT2D eigenvalue weighted by Crippen LogP contribution is -2.22. The first-order valence-corrected chi connectivity index (χ1v) is 9.18. The predicted octanol–water partition coefficient (Wildman–Crippen LogP) is 5.31. The topological polar surface area (TPSA) is 25.2 Å². The first-order chi connectivity index (χ1) is 13.1. The maximum Gasteiger partial charge on any atom is 0.258 e. The van der Waals surface area contributed by atoms with Crippen LogP contribution < -0.4 is 4.90 Å². The van der Waals surface area contributed by atoms with Gasteiger partial charge in [-0.2, -0.15) is 0 Å². The molecule has 132 valence electrons. The van der Waals surface area contributed by atoms with Gasteiger partial charge in [0, 0.05) is 24.0 Å². The van der Waals surface area contributed by atoms with Gasteiger partial charge in [0.1, 0.15) is 0 Å². The minimum absolute atomic E-state index is 0.0769. The number of anilines is 1. The van der Waals surface area contributed by atoms with Gasteiger partial charge < -0.3 is 9.47 Å². The summed E-state index contributed by atoms with van der Waals surface area (Å²) in [6, 6.07) is 24.8. The fraction of sp³-hybridized carbons (Fsp3) is 0.125. The van der Waals surface area contributed by atoms with Gasteiger partial charge in [-0.05, 0) is 53.3 Å². The highest BCUT2D eigenvalue weighted by atomic mass is 16.2. The van der Waals surface area contributed by atoms with Crippen molar-refractivity contribution >= 4 is 22.5 Å². The average Bonchev–Trinajstić information content (AvgIpc) is 3.18. The molecule has 2 heterocycles. The second-order valence-corrected chi connectivity index (χ2v) is 7.22. The van der Waals surface area contributed by atoms with Crippen LogP contribution in [0.4, 0.5) is 5.69 Å². The molecule has 0 fully saturated rings. The largest absolute Gasteiger partial charge is 0.348 e. The minimum atomic E-state index is 0.0769. The number of aromatic nitrogens is 1. The smallest absolute Gasteiger partial charge is 0.258 e. The van der Waals surface area contributed by atoms with E-state index in [2.05, 4.69) is 61.0 Å². The minimum Gasteiger partial charge on any atom is -0.348 e. The fourth-order valence-electron chi connectivity index (χ4n) is 3.94. The summed E-state index contributed by atoms with van der Waals surface area (Å²) in [7, 11) is 2.06. The summed E-state index contributed by atoms with van der Waals surface area (Å²) in [5.41, 5.74) is 7.42. The van der Waals surface area contributed by atoms with Crippen LogP contribution in [0.1, 0.15) is 21.6 Å². The molecule has 0 spiro atoms. The summed E-state index contributed by atoms with van der Waals surface area (Å²) in [6.07, 6.45) is 0. The zero-order valence-electron chi connectivity index (χ0n) is 15.4. The Hall–Kier alpha value is -3.33. The highest BCUT2D eigenvalue weighted by Crippen LogP contribution is 2.33. The molecular weight excluding hydrogens is 332 g/mol. The number of nitrogens with zero attached hydrogens (tertiary/aromatic N) is 2. The van der Waals surface area contributed by atoms with Crippen LogP contribution in [0.3, 0.4) is 0 Å². The van der Waals surface area contributed by atoms with Crippen molar-refractivity contribution in [1.82, 2.24) is 4.57 Å². The van der Waals surface area contributed by atoms with Crippen LogP contribution in [0, 0.1) is 6.92 Å². The molecular formula is C24H20N2O. The molecule has 27 heavy (non-hydrogen) atoms. The molecule has 5 rings (SSSR count). The molecule has 0 aliphatic carbocycles. The number of benzene rings is 3. The maximum atomic E-state index is 13.1. The molecule has 4 aromatic rings. The van der Waals surface area contributed by atoms with E-state index in [0.717, 1.165) is 33.5 Å². The third-order valence-corrected chi connectivity index (χ3v) is 5.60. The Morgan fingerprint density at radius 3 is 2.48 bits per heavy atom. The van der Waals surface area contributed by atoms with E-state index in [1.165, 1.54) is 11.1 Å². The summed E-state index contributed by atoms with van der Waals surface area (Å²) in [6.45, 7) is 2.72. The molecule has 0 N–H and O–H groups in total. The van der Waals surface area contributed by atoms with E-state index in [-0.39, 0.29) is 5.91 Å². The van der Waals surface area contributed by atoms with Crippen molar-refractivity contribution < 1.29 is 4.79 Å². The van der Waals surface area contributed by atoms with Crippen molar-refractivity contribution in [2.45, 2.75) is 13.5 Å². The molecule has 1 aliphatic heterocycles. The predicted molar refractivity (Wildman–Crippen MR) is 110 cm³/mol. The normalized spacial score (nSPS) is 13.4. The Morgan fingerprint density at radius 1 is 0.852 bits per heavy atom. The SMILES string of the molecule is Cc1cc2ccc(N3Cc4ccc(-c5ccccc5)cc4C3=O)cc2n1C. The Morgan fingerprint density at radius 2 is 1.67 bits per heavy atom. The van der Waals surface area contributed by atoms with E-state index in [9.17, 15) is 4.79 Å². The molecule has 0 saturated heterocycles. The van der Waals surface area contributed by atoms with Crippen LogP contribution in [0.15, 0.2) is 72.8 Å². The van der Waals surface area contributed by atoms with Crippen molar-refractivity contribution in [3.8, 4) is 11.1 Å².